The number of alkyl halides is 3. The molecule has 0 saturated carbocycles. The predicted octanol–water partition coefficient (Wildman–Crippen LogP) is 3.87. The van der Waals surface area contributed by atoms with E-state index < -0.39 is 34.8 Å². The van der Waals surface area contributed by atoms with Crippen LogP contribution in [0.2, 0.25) is 0 Å². The standard InChI is InChI=1S/C23H15F3N4O3/c24-23(25,26)18-7-3-4-8-19(18)30-21(32)16-6-2-1-5-15(16)17(22(30)33)13-28-29-20(31)14-9-11-27-12-10-14/h1-13,33H,(H,29,31). The zero-order valence-electron chi connectivity index (χ0n) is 16.7. The van der Waals surface area contributed by atoms with E-state index in [-0.39, 0.29) is 21.9 Å². The van der Waals surface area contributed by atoms with E-state index in [0.29, 0.717) is 4.57 Å². The van der Waals surface area contributed by atoms with Crippen LogP contribution in [0, 0.1) is 0 Å². The highest BCUT2D eigenvalue weighted by atomic mass is 19.4. The van der Waals surface area contributed by atoms with Crippen molar-refractivity contribution in [2.75, 3.05) is 0 Å². The zero-order chi connectivity index (χ0) is 23.6. The number of aromatic nitrogens is 2. The molecule has 33 heavy (non-hydrogen) atoms. The van der Waals surface area contributed by atoms with Crippen molar-refractivity contribution < 1.29 is 23.1 Å². The number of para-hydroxylation sites is 1. The molecule has 0 unspecified atom stereocenters. The second kappa shape index (κ2) is 8.58. The molecule has 0 radical (unpaired) electrons. The van der Waals surface area contributed by atoms with Crippen LogP contribution in [-0.2, 0) is 6.18 Å². The third-order valence-electron chi connectivity index (χ3n) is 4.86. The molecule has 4 rings (SSSR count). The van der Waals surface area contributed by atoms with Crippen LogP contribution in [0.1, 0.15) is 21.5 Å². The van der Waals surface area contributed by atoms with Crippen LogP contribution < -0.4 is 11.0 Å². The molecule has 0 spiro atoms. The van der Waals surface area contributed by atoms with Crippen LogP contribution in [0.5, 0.6) is 5.88 Å². The molecule has 0 aliphatic carbocycles. The van der Waals surface area contributed by atoms with Crippen LogP contribution >= 0.6 is 0 Å². The van der Waals surface area contributed by atoms with Gasteiger partial charge in [0.15, 0.2) is 0 Å². The van der Waals surface area contributed by atoms with Crippen molar-refractivity contribution in [1.82, 2.24) is 15.0 Å². The smallest absolute Gasteiger partial charge is 0.418 e. The van der Waals surface area contributed by atoms with Gasteiger partial charge in [0.25, 0.3) is 11.5 Å². The van der Waals surface area contributed by atoms with Crippen molar-refractivity contribution in [3.05, 3.63) is 100 Å². The first kappa shape index (κ1) is 21.8. The molecule has 2 heterocycles. The average Bonchev–Trinajstić information content (AvgIpc) is 2.81. The first-order valence-corrected chi connectivity index (χ1v) is 9.56. The van der Waals surface area contributed by atoms with E-state index in [1.54, 1.807) is 12.1 Å². The Bertz CT molecular complexity index is 1430. The highest BCUT2D eigenvalue weighted by molar-refractivity contribution is 6.02. The lowest BCUT2D eigenvalue weighted by Gasteiger charge is -2.17. The van der Waals surface area contributed by atoms with E-state index in [4.69, 9.17) is 0 Å². The van der Waals surface area contributed by atoms with Crippen LogP contribution in [0.25, 0.3) is 16.5 Å². The number of fused-ring (bicyclic) bond motifs is 1. The molecule has 10 heteroatoms. The van der Waals surface area contributed by atoms with Crippen LogP contribution in [0.4, 0.5) is 13.2 Å². The number of pyridine rings is 2. The van der Waals surface area contributed by atoms with Crippen molar-refractivity contribution in [2.45, 2.75) is 6.18 Å². The summed E-state index contributed by atoms with van der Waals surface area (Å²) in [7, 11) is 0. The van der Waals surface area contributed by atoms with Gasteiger partial charge in [-0.3, -0.25) is 14.6 Å². The average molecular weight is 452 g/mol. The summed E-state index contributed by atoms with van der Waals surface area (Å²) < 4.78 is 41.3. The van der Waals surface area contributed by atoms with Crippen molar-refractivity contribution in [3.8, 4) is 11.6 Å². The van der Waals surface area contributed by atoms with Gasteiger partial charge in [0, 0.05) is 28.7 Å². The van der Waals surface area contributed by atoms with Gasteiger partial charge < -0.3 is 5.11 Å². The number of halogens is 3. The Kier molecular flexibility index (Phi) is 5.65. The van der Waals surface area contributed by atoms with Gasteiger partial charge in [-0.15, -0.1) is 0 Å². The second-order valence-corrected chi connectivity index (χ2v) is 6.87. The number of carbonyl (C=O) groups excluding carboxylic acids is 1. The lowest BCUT2D eigenvalue weighted by molar-refractivity contribution is -0.137. The minimum absolute atomic E-state index is 0.0443. The topological polar surface area (TPSA) is 96.6 Å². The fraction of sp³-hybridized carbons (Fsp3) is 0.0435. The molecule has 0 aliphatic rings. The van der Waals surface area contributed by atoms with E-state index in [2.05, 4.69) is 15.5 Å². The molecular weight excluding hydrogens is 437 g/mol. The molecule has 4 aromatic rings. The molecule has 0 saturated heterocycles. The summed E-state index contributed by atoms with van der Waals surface area (Å²) in [6.07, 6.45) is -0.846. The number of amides is 1. The molecule has 1 amide bonds. The second-order valence-electron chi connectivity index (χ2n) is 6.87. The van der Waals surface area contributed by atoms with Gasteiger partial charge in [0.2, 0.25) is 5.88 Å². The summed E-state index contributed by atoms with van der Waals surface area (Å²) in [5.74, 6) is -1.31. The summed E-state index contributed by atoms with van der Waals surface area (Å²) in [6, 6.07) is 13.4. The van der Waals surface area contributed by atoms with Crippen LogP contribution in [0.15, 0.2) is 83.0 Å². The first-order valence-electron chi connectivity index (χ1n) is 9.56. The maximum Gasteiger partial charge on any atom is 0.418 e. The largest absolute Gasteiger partial charge is 0.494 e. The molecule has 0 fully saturated rings. The molecular formula is C23H15F3N4O3. The Morgan fingerprint density at radius 3 is 2.33 bits per heavy atom. The van der Waals surface area contributed by atoms with Crippen molar-refractivity contribution in [3.63, 3.8) is 0 Å². The number of hydrazone groups is 1. The predicted molar refractivity (Wildman–Crippen MR) is 116 cm³/mol. The number of hydrogen-bond acceptors (Lipinski definition) is 5. The molecule has 2 aromatic carbocycles. The van der Waals surface area contributed by atoms with Gasteiger partial charge >= 0.3 is 6.18 Å². The lowest BCUT2D eigenvalue weighted by atomic mass is 10.1. The number of benzene rings is 2. The Labute approximate surface area is 184 Å². The van der Waals surface area contributed by atoms with E-state index in [9.17, 15) is 27.9 Å². The number of nitrogens with one attached hydrogen (secondary N) is 1. The Balaban J connectivity index is 1.87. The summed E-state index contributed by atoms with van der Waals surface area (Å²) in [5, 5.41) is 15.0. The third-order valence-corrected chi connectivity index (χ3v) is 4.86. The molecule has 0 aliphatic heterocycles. The minimum atomic E-state index is -4.76. The Morgan fingerprint density at radius 2 is 1.64 bits per heavy atom. The highest BCUT2D eigenvalue weighted by Gasteiger charge is 2.34. The molecule has 7 nitrogen and oxygen atoms in total. The van der Waals surface area contributed by atoms with Crippen molar-refractivity contribution in [2.24, 2.45) is 5.10 Å². The van der Waals surface area contributed by atoms with E-state index in [1.165, 1.54) is 48.8 Å². The minimum Gasteiger partial charge on any atom is -0.494 e. The number of hydrogen-bond donors (Lipinski definition) is 2. The zero-order valence-corrected chi connectivity index (χ0v) is 16.7. The van der Waals surface area contributed by atoms with E-state index >= 15 is 0 Å². The molecule has 0 atom stereocenters. The fourth-order valence-electron chi connectivity index (χ4n) is 3.34. The summed E-state index contributed by atoms with van der Waals surface area (Å²) in [6.45, 7) is 0. The van der Waals surface area contributed by atoms with Gasteiger partial charge in [0.05, 0.1) is 23.0 Å². The molecule has 2 N–H and O–H groups in total. The van der Waals surface area contributed by atoms with Gasteiger partial charge in [-0.25, -0.2) is 9.99 Å². The molecule has 2 aromatic heterocycles. The third kappa shape index (κ3) is 4.18. The molecule has 166 valence electrons. The van der Waals surface area contributed by atoms with E-state index in [0.717, 1.165) is 18.3 Å². The Morgan fingerprint density at radius 1 is 1.00 bits per heavy atom. The summed E-state index contributed by atoms with van der Waals surface area (Å²) in [5.41, 5.74) is 0.0468. The number of aromatic hydroxyl groups is 1. The Hall–Kier alpha value is -4.47. The molecule has 0 bridgehead atoms. The SMILES string of the molecule is O=C(NN=Cc1c(O)n(-c2ccccc2C(F)(F)F)c(=O)c2ccccc12)c1ccncc1. The quantitative estimate of drug-likeness (QED) is 0.363. The number of nitrogens with zero attached hydrogens (tertiary/aromatic N) is 3. The van der Waals surface area contributed by atoms with Gasteiger partial charge in [-0.1, -0.05) is 30.3 Å². The van der Waals surface area contributed by atoms with E-state index in [1.807, 2.05) is 0 Å². The first-order chi connectivity index (χ1) is 15.8. The monoisotopic (exact) mass is 452 g/mol. The highest BCUT2D eigenvalue weighted by Crippen LogP contribution is 2.35. The normalized spacial score (nSPS) is 11.7. The fourth-order valence-corrected chi connectivity index (χ4v) is 3.34. The summed E-state index contributed by atoms with van der Waals surface area (Å²) in [4.78, 5) is 29.1. The number of carbonyl (C=O) groups is 1. The lowest BCUT2D eigenvalue weighted by Crippen LogP contribution is -2.23. The summed E-state index contributed by atoms with van der Waals surface area (Å²) >= 11 is 0. The van der Waals surface area contributed by atoms with Gasteiger partial charge in [-0.2, -0.15) is 18.3 Å². The van der Waals surface area contributed by atoms with Crippen LogP contribution in [-0.4, -0.2) is 26.8 Å². The van der Waals surface area contributed by atoms with Gasteiger partial charge in [-0.05, 0) is 30.3 Å². The van der Waals surface area contributed by atoms with Crippen molar-refractivity contribution in [1.29, 1.82) is 0 Å². The number of rotatable bonds is 4. The maximum atomic E-state index is 13.6. The van der Waals surface area contributed by atoms with Crippen LogP contribution in [0.3, 0.4) is 0 Å². The maximum absolute atomic E-state index is 13.6. The van der Waals surface area contributed by atoms with Crippen molar-refractivity contribution >= 4 is 22.9 Å². The van der Waals surface area contributed by atoms with Gasteiger partial charge in [0.1, 0.15) is 0 Å².